The van der Waals surface area contributed by atoms with Crippen LogP contribution in [0.5, 0.6) is 0 Å². The van der Waals surface area contributed by atoms with Crippen LogP contribution in [-0.2, 0) is 19.4 Å². The van der Waals surface area contributed by atoms with Gasteiger partial charge in [-0.25, -0.2) is 4.98 Å². The Kier molecular flexibility index (Phi) is 3.39. The van der Waals surface area contributed by atoms with Gasteiger partial charge >= 0.3 is 0 Å². The molecular formula is C14H23N3O. The molecule has 4 nitrogen and oxygen atoms in total. The molecule has 18 heavy (non-hydrogen) atoms. The Labute approximate surface area is 109 Å². The predicted octanol–water partition coefficient (Wildman–Crippen LogP) is 1.17. The minimum atomic E-state index is 0.216. The van der Waals surface area contributed by atoms with E-state index in [2.05, 4.69) is 16.5 Å². The van der Waals surface area contributed by atoms with Crippen LogP contribution in [-0.4, -0.2) is 46.3 Å². The largest absolute Gasteiger partial charge is 0.396 e. The molecule has 2 aliphatic rings. The molecule has 4 heteroatoms. The Morgan fingerprint density at radius 2 is 2.22 bits per heavy atom. The van der Waals surface area contributed by atoms with Gasteiger partial charge < -0.3 is 14.6 Å². The summed E-state index contributed by atoms with van der Waals surface area (Å²) in [6.07, 6.45) is 5.64. The molecule has 1 aromatic rings. The average Bonchev–Trinajstić information content (AvgIpc) is 2.95. The molecule has 3 heterocycles. The Balaban J connectivity index is 1.93. The number of likely N-dealkylation sites (N-methyl/N-ethyl adjacent to an activating group) is 1. The van der Waals surface area contributed by atoms with Crippen molar-refractivity contribution in [2.75, 3.05) is 26.7 Å². The van der Waals surface area contributed by atoms with E-state index in [1.165, 1.54) is 37.3 Å². The molecule has 0 aliphatic carbocycles. The van der Waals surface area contributed by atoms with Crippen LogP contribution in [0.1, 0.15) is 42.4 Å². The van der Waals surface area contributed by atoms with E-state index in [1.54, 1.807) is 0 Å². The minimum absolute atomic E-state index is 0.216. The van der Waals surface area contributed by atoms with Crippen molar-refractivity contribution >= 4 is 0 Å². The number of rotatable bonds is 3. The van der Waals surface area contributed by atoms with Crippen molar-refractivity contribution in [3.63, 3.8) is 0 Å². The molecular weight excluding hydrogens is 226 g/mol. The maximum atomic E-state index is 9.18. The van der Waals surface area contributed by atoms with Gasteiger partial charge in [0, 0.05) is 37.7 Å². The van der Waals surface area contributed by atoms with E-state index < -0.39 is 0 Å². The summed E-state index contributed by atoms with van der Waals surface area (Å²) in [5.41, 5.74) is 2.56. The summed E-state index contributed by atoms with van der Waals surface area (Å²) in [7, 11) is 2.19. The summed E-state index contributed by atoms with van der Waals surface area (Å²) < 4.78 is 2.46. The third-order valence-electron chi connectivity index (χ3n) is 4.34. The third kappa shape index (κ3) is 2.08. The molecule has 3 rings (SSSR count). The molecule has 100 valence electrons. The monoisotopic (exact) mass is 249 g/mol. The quantitative estimate of drug-likeness (QED) is 0.874. The van der Waals surface area contributed by atoms with Gasteiger partial charge in [0.1, 0.15) is 5.82 Å². The fraction of sp³-hybridized carbons (Fsp3) is 0.786. The maximum Gasteiger partial charge on any atom is 0.113 e. The van der Waals surface area contributed by atoms with E-state index in [0.29, 0.717) is 5.92 Å². The summed E-state index contributed by atoms with van der Waals surface area (Å²) in [5.74, 6) is 1.89. The van der Waals surface area contributed by atoms with Crippen molar-refractivity contribution in [1.29, 1.82) is 0 Å². The van der Waals surface area contributed by atoms with E-state index in [-0.39, 0.29) is 6.61 Å². The van der Waals surface area contributed by atoms with E-state index in [9.17, 15) is 5.11 Å². The molecule has 1 fully saturated rings. The van der Waals surface area contributed by atoms with Gasteiger partial charge in [-0.1, -0.05) is 0 Å². The number of hydrogen-bond acceptors (Lipinski definition) is 3. The molecule has 0 amide bonds. The van der Waals surface area contributed by atoms with Crippen LogP contribution in [0, 0.1) is 0 Å². The zero-order valence-corrected chi connectivity index (χ0v) is 11.2. The van der Waals surface area contributed by atoms with E-state index in [0.717, 1.165) is 31.6 Å². The number of aliphatic hydroxyl groups excluding tert-OH is 1. The standard InChI is InChI=1S/C14H23N3O/c1-16-8-5-11(10-16)14-15-12(6-9-18)13-4-2-3-7-17(13)14/h11,18H,2-10H2,1H3. The van der Waals surface area contributed by atoms with Crippen molar-refractivity contribution in [2.24, 2.45) is 0 Å². The Morgan fingerprint density at radius 1 is 1.33 bits per heavy atom. The van der Waals surface area contributed by atoms with Gasteiger partial charge in [-0.2, -0.15) is 0 Å². The van der Waals surface area contributed by atoms with Crippen LogP contribution in [0.2, 0.25) is 0 Å². The first-order valence-electron chi connectivity index (χ1n) is 7.17. The lowest BCUT2D eigenvalue weighted by atomic mass is 10.1. The van der Waals surface area contributed by atoms with Gasteiger partial charge in [-0.05, 0) is 39.3 Å². The normalized spacial score (nSPS) is 24.4. The number of hydrogen-bond donors (Lipinski definition) is 1. The van der Waals surface area contributed by atoms with Gasteiger partial charge in [-0.3, -0.25) is 0 Å². The van der Waals surface area contributed by atoms with Gasteiger partial charge in [0.05, 0.1) is 5.69 Å². The SMILES string of the molecule is CN1CCC(c2nc(CCO)c3n2CCCC3)C1. The second-order valence-electron chi connectivity index (χ2n) is 5.69. The Bertz CT molecular complexity index is 427. The third-order valence-corrected chi connectivity index (χ3v) is 4.34. The number of nitrogens with zero attached hydrogens (tertiary/aromatic N) is 3. The molecule has 0 bridgehead atoms. The first-order chi connectivity index (χ1) is 8.79. The van der Waals surface area contributed by atoms with E-state index in [1.807, 2.05) is 0 Å². The highest BCUT2D eigenvalue weighted by Crippen LogP contribution is 2.30. The smallest absolute Gasteiger partial charge is 0.113 e. The van der Waals surface area contributed by atoms with Crippen LogP contribution >= 0.6 is 0 Å². The summed E-state index contributed by atoms with van der Waals surface area (Å²) in [5, 5.41) is 9.18. The van der Waals surface area contributed by atoms with Crippen molar-refractivity contribution in [1.82, 2.24) is 14.5 Å². The second-order valence-corrected chi connectivity index (χ2v) is 5.69. The molecule has 1 saturated heterocycles. The van der Waals surface area contributed by atoms with Gasteiger partial charge in [0.2, 0.25) is 0 Å². The summed E-state index contributed by atoms with van der Waals surface area (Å²) >= 11 is 0. The van der Waals surface area contributed by atoms with E-state index in [4.69, 9.17) is 4.98 Å². The molecule has 1 N–H and O–H groups in total. The van der Waals surface area contributed by atoms with Crippen molar-refractivity contribution in [2.45, 2.75) is 44.6 Å². The topological polar surface area (TPSA) is 41.3 Å². The van der Waals surface area contributed by atoms with Crippen LogP contribution in [0.4, 0.5) is 0 Å². The summed E-state index contributed by atoms with van der Waals surface area (Å²) in [6.45, 7) is 3.66. The Hall–Kier alpha value is -0.870. The second kappa shape index (κ2) is 5.02. The molecule has 1 unspecified atom stereocenters. The minimum Gasteiger partial charge on any atom is -0.396 e. The number of fused-ring (bicyclic) bond motifs is 1. The number of imidazole rings is 1. The number of aliphatic hydroxyl groups is 1. The highest BCUT2D eigenvalue weighted by molar-refractivity contribution is 5.22. The highest BCUT2D eigenvalue weighted by Gasteiger charge is 2.28. The predicted molar refractivity (Wildman–Crippen MR) is 70.8 cm³/mol. The average molecular weight is 249 g/mol. The molecule has 1 atom stereocenters. The van der Waals surface area contributed by atoms with Gasteiger partial charge in [0.25, 0.3) is 0 Å². The fourth-order valence-corrected chi connectivity index (χ4v) is 3.41. The lowest BCUT2D eigenvalue weighted by Gasteiger charge is -2.19. The molecule has 0 saturated carbocycles. The number of likely N-dealkylation sites (tertiary alicyclic amines) is 1. The van der Waals surface area contributed by atoms with Crippen molar-refractivity contribution in [3.8, 4) is 0 Å². The van der Waals surface area contributed by atoms with E-state index >= 15 is 0 Å². The van der Waals surface area contributed by atoms with Crippen molar-refractivity contribution in [3.05, 3.63) is 17.2 Å². The highest BCUT2D eigenvalue weighted by atomic mass is 16.3. The van der Waals surface area contributed by atoms with Gasteiger partial charge in [0.15, 0.2) is 0 Å². The lowest BCUT2D eigenvalue weighted by molar-refractivity contribution is 0.297. The van der Waals surface area contributed by atoms with Crippen LogP contribution < -0.4 is 0 Å². The van der Waals surface area contributed by atoms with Crippen molar-refractivity contribution < 1.29 is 5.11 Å². The first kappa shape index (κ1) is 12.2. The Morgan fingerprint density at radius 3 is 2.94 bits per heavy atom. The maximum absolute atomic E-state index is 9.18. The molecule has 0 radical (unpaired) electrons. The number of aromatic nitrogens is 2. The van der Waals surface area contributed by atoms with Crippen LogP contribution in [0.15, 0.2) is 0 Å². The van der Waals surface area contributed by atoms with Crippen LogP contribution in [0.3, 0.4) is 0 Å². The molecule has 0 spiro atoms. The zero-order chi connectivity index (χ0) is 12.5. The molecule has 2 aliphatic heterocycles. The fourth-order valence-electron chi connectivity index (χ4n) is 3.41. The summed E-state index contributed by atoms with van der Waals surface area (Å²) in [4.78, 5) is 7.26. The van der Waals surface area contributed by atoms with Gasteiger partial charge in [-0.15, -0.1) is 0 Å². The first-order valence-corrected chi connectivity index (χ1v) is 7.17. The zero-order valence-electron chi connectivity index (χ0n) is 11.2. The summed E-state index contributed by atoms with van der Waals surface area (Å²) in [6, 6.07) is 0. The van der Waals surface area contributed by atoms with Crippen LogP contribution in [0.25, 0.3) is 0 Å². The molecule has 0 aromatic carbocycles. The lowest BCUT2D eigenvalue weighted by Crippen LogP contribution is -2.18. The molecule has 1 aromatic heterocycles.